The van der Waals surface area contributed by atoms with E-state index in [2.05, 4.69) is 17.1 Å². The van der Waals surface area contributed by atoms with Crippen LogP contribution in [0.15, 0.2) is 48.5 Å². The van der Waals surface area contributed by atoms with Gasteiger partial charge in [-0.2, -0.15) is 0 Å². The summed E-state index contributed by atoms with van der Waals surface area (Å²) in [6, 6.07) is 14.4. The molecular weight excluding hydrogens is 303 g/mol. The van der Waals surface area contributed by atoms with Gasteiger partial charge in [-0.3, -0.25) is 4.79 Å². The van der Waals surface area contributed by atoms with Crippen LogP contribution in [0.5, 0.6) is 0 Å². The van der Waals surface area contributed by atoms with E-state index in [1.807, 2.05) is 24.3 Å². The van der Waals surface area contributed by atoms with Crippen LogP contribution in [0.25, 0.3) is 0 Å². The molecule has 3 nitrogen and oxygen atoms in total. The molecule has 126 valence electrons. The topological polar surface area (TPSA) is 32.3 Å². The number of hydrogen-bond acceptors (Lipinski definition) is 2. The Labute approximate surface area is 142 Å². The lowest BCUT2D eigenvalue weighted by Crippen LogP contribution is -2.39. The van der Waals surface area contributed by atoms with Crippen molar-refractivity contribution in [3.05, 3.63) is 59.9 Å². The van der Waals surface area contributed by atoms with E-state index in [4.69, 9.17) is 0 Å². The van der Waals surface area contributed by atoms with Gasteiger partial charge in [-0.05, 0) is 62.1 Å². The molecule has 1 unspecified atom stereocenters. The number of benzene rings is 2. The summed E-state index contributed by atoms with van der Waals surface area (Å²) in [4.78, 5) is 14.6. The zero-order valence-corrected chi connectivity index (χ0v) is 14.0. The molecule has 1 aliphatic heterocycles. The molecule has 3 rings (SSSR count). The maximum absolute atomic E-state index is 13.7. The minimum atomic E-state index is -0.509. The minimum Gasteiger partial charge on any atom is -0.369 e. The normalized spacial score (nSPS) is 17.6. The summed E-state index contributed by atoms with van der Waals surface area (Å²) in [5, 5.41) is 2.76. The number of nitrogens with one attached hydrogen (secondary N) is 1. The van der Waals surface area contributed by atoms with E-state index >= 15 is 0 Å². The Balaban J connectivity index is 1.70. The van der Waals surface area contributed by atoms with E-state index < -0.39 is 11.7 Å². The second-order valence-corrected chi connectivity index (χ2v) is 6.23. The van der Waals surface area contributed by atoms with Gasteiger partial charge < -0.3 is 10.2 Å². The lowest BCUT2D eigenvalue weighted by molar-refractivity contribution is 0.102. The van der Waals surface area contributed by atoms with E-state index in [1.165, 1.54) is 37.1 Å². The molecule has 1 N–H and O–H groups in total. The molecule has 0 saturated carbocycles. The van der Waals surface area contributed by atoms with Gasteiger partial charge in [0.05, 0.1) is 5.56 Å². The highest BCUT2D eigenvalue weighted by Gasteiger charge is 2.21. The van der Waals surface area contributed by atoms with Crippen LogP contribution >= 0.6 is 0 Å². The predicted molar refractivity (Wildman–Crippen MR) is 96.1 cm³/mol. The third kappa shape index (κ3) is 3.58. The highest BCUT2D eigenvalue weighted by Crippen LogP contribution is 2.27. The highest BCUT2D eigenvalue weighted by molar-refractivity contribution is 6.04. The molecule has 1 saturated heterocycles. The van der Waals surface area contributed by atoms with Gasteiger partial charge in [-0.15, -0.1) is 0 Å². The molecule has 1 fully saturated rings. The van der Waals surface area contributed by atoms with E-state index in [1.54, 1.807) is 12.1 Å². The third-order valence-corrected chi connectivity index (χ3v) is 4.67. The maximum Gasteiger partial charge on any atom is 0.258 e. The van der Waals surface area contributed by atoms with Crippen LogP contribution in [0.1, 0.15) is 43.0 Å². The lowest BCUT2D eigenvalue weighted by Gasteiger charge is -2.37. The summed E-state index contributed by atoms with van der Waals surface area (Å²) < 4.78 is 13.7. The predicted octanol–water partition coefficient (Wildman–Crippen LogP) is 4.85. The molecule has 0 radical (unpaired) electrons. The van der Waals surface area contributed by atoms with E-state index in [0.29, 0.717) is 11.7 Å². The molecule has 2 aromatic carbocycles. The molecule has 2 aromatic rings. The number of carbonyl (C=O) groups excluding carboxylic acids is 1. The number of anilines is 2. The molecule has 1 aliphatic rings. The molecule has 0 aromatic heterocycles. The standard InChI is InChI=1S/C20H23FN2O/c1-2-16-7-5-6-14-23(16)17-12-10-15(11-13-17)22-20(24)18-8-3-4-9-19(18)21/h3-4,8-13,16H,2,5-7,14H2,1H3,(H,22,24). The Morgan fingerprint density at radius 3 is 2.62 bits per heavy atom. The van der Waals surface area contributed by atoms with Crippen molar-refractivity contribution >= 4 is 17.3 Å². The van der Waals surface area contributed by atoms with Gasteiger partial charge in [-0.25, -0.2) is 4.39 Å². The number of amides is 1. The molecule has 1 amide bonds. The Morgan fingerprint density at radius 2 is 1.92 bits per heavy atom. The largest absolute Gasteiger partial charge is 0.369 e. The summed E-state index contributed by atoms with van der Waals surface area (Å²) in [6.07, 6.45) is 4.90. The van der Waals surface area contributed by atoms with Crippen molar-refractivity contribution in [2.24, 2.45) is 0 Å². The van der Waals surface area contributed by atoms with E-state index in [-0.39, 0.29) is 5.56 Å². The number of halogens is 1. The van der Waals surface area contributed by atoms with Crippen LogP contribution in [0, 0.1) is 5.82 Å². The molecule has 0 bridgehead atoms. The van der Waals surface area contributed by atoms with Crippen molar-refractivity contribution in [1.29, 1.82) is 0 Å². The van der Waals surface area contributed by atoms with Crippen molar-refractivity contribution in [3.63, 3.8) is 0 Å². The SMILES string of the molecule is CCC1CCCCN1c1ccc(NC(=O)c2ccccc2F)cc1. The molecule has 1 atom stereocenters. The van der Waals surface area contributed by atoms with Gasteiger partial charge in [0.1, 0.15) is 5.82 Å². The van der Waals surface area contributed by atoms with Gasteiger partial charge >= 0.3 is 0 Å². The average Bonchev–Trinajstić information content (AvgIpc) is 2.62. The van der Waals surface area contributed by atoms with Crippen LogP contribution in [0.2, 0.25) is 0 Å². The summed E-state index contributed by atoms with van der Waals surface area (Å²) in [5.74, 6) is -0.934. The molecule has 24 heavy (non-hydrogen) atoms. The second-order valence-electron chi connectivity index (χ2n) is 6.23. The first-order chi connectivity index (χ1) is 11.7. The average molecular weight is 326 g/mol. The highest BCUT2D eigenvalue weighted by atomic mass is 19.1. The van der Waals surface area contributed by atoms with Crippen molar-refractivity contribution in [2.75, 3.05) is 16.8 Å². The Kier molecular flexibility index (Phi) is 5.14. The third-order valence-electron chi connectivity index (χ3n) is 4.67. The van der Waals surface area contributed by atoms with Crippen LogP contribution in [-0.4, -0.2) is 18.5 Å². The van der Waals surface area contributed by atoms with Crippen molar-refractivity contribution in [3.8, 4) is 0 Å². The van der Waals surface area contributed by atoms with E-state index in [9.17, 15) is 9.18 Å². The van der Waals surface area contributed by atoms with Crippen LogP contribution < -0.4 is 10.2 Å². The first-order valence-corrected chi connectivity index (χ1v) is 8.61. The smallest absolute Gasteiger partial charge is 0.258 e. The number of nitrogens with zero attached hydrogens (tertiary/aromatic N) is 1. The fraction of sp³-hybridized carbons (Fsp3) is 0.350. The monoisotopic (exact) mass is 326 g/mol. The van der Waals surface area contributed by atoms with Crippen molar-refractivity contribution in [1.82, 2.24) is 0 Å². The summed E-state index contributed by atoms with van der Waals surface area (Å²) in [7, 11) is 0. The zero-order valence-electron chi connectivity index (χ0n) is 14.0. The molecule has 0 spiro atoms. The first kappa shape index (κ1) is 16.5. The van der Waals surface area contributed by atoms with Gasteiger partial charge in [-0.1, -0.05) is 19.1 Å². The number of piperidine rings is 1. The van der Waals surface area contributed by atoms with Crippen molar-refractivity contribution in [2.45, 2.75) is 38.6 Å². The fourth-order valence-electron chi connectivity index (χ4n) is 3.34. The lowest BCUT2D eigenvalue weighted by atomic mass is 9.99. The van der Waals surface area contributed by atoms with Gasteiger partial charge in [0.15, 0.2) is 0 Å². The first-order valence-electron chi connectivity index (χ1n) is 8.61. The van der Waals surface area contributed by atoms with Crippen LogP contribution in [-0.2, 0) is 0 Å². The van der Waals surface area contributed by atoms with Gasteiger partial charge in [0, 0.05) is 24.0 Å². The van der Waals surface area contributed by atoms with Gasteiger partial charge in [0.25, 0.3) is 5.91 Å². The van der Waals surface area contributed by atoms with Crippen LogP contribution in [0.3, 0.4) is 0 Å². The Hall–Kier alpha value is -2.36. The van der Waals surface area contributed by atoms with E-state index in [0.717, 1.165) is 13.0 Å². The Bertz CT molecular complexity index is 699. The molecular formula is C20H23FN2O. The summed E-state index contributed by atoms with van der Waals surface area (Å²) >= 11 is 0. The van der Waals surface area contributed by atoms with Gasteiger partial charge in [0.2, 0.25) is 0 Å². The number of hydrogen-bond donors (Lipinski definition) is 1. The van der Waals surface area contributed by atoms with Crippen molar-refractivity contribution < 1.29 is 9.18 Å². The van der Waals surface area contributed by atoms with Crippen LogP contribution in [0.4, 0.5) is 15.8 Å². The zero-order chi connectivity index (χ0) is 16.9. The quantitative estimate of drug-likeness (QED) is 0.871. The molecule has 4 heteroatoms. The Morgan fingerprint density at radius 1 is 1.17 bits per heavy atom. The fourth-order valence-corrected chi connectivity index (χ4v) is 3.34. The second kappa shape index (κ2) is 7.47. The number of carbonyl (C=O) groups is 1. The number of rotatable bonds is 4. The molecule has 0 aliphatic carbocycles. The summed E-state index contributed by atoms with van der Waals surface area (Å²) in [5.41, 5.74) is 1.92. The summed E-state index contributed by atoms with van der Waals surface area (Å²) in [6.45, 7) is 3.31. The minimum absolute atomic E-state index is 0.0589. The maximum atomic E-state index is 13.7. The molecule has 1 heterocycles.